The second kappa shape index (κ2) is 7.44. The molecule has 0 aliphatic heterocycles. The lowest BCUT2D eigenvalue weighted by Crippen LogP contribution is -1.89. The lowest BCUT2D eigenvalue weighted by atomic mass is 10.5. The van der Waals surface area contributed by atoms with E-state index in [0.29, 0.717) is 0 Å². The minimum atomic E-state index is 0.723. The van der Waals surface area contributed by atoms with Crippen LogP contribution in [0.15, 0.2) is 24.3 Å². The summed E-state index contributed by atoms with van der Waals surface area (Å²) in [5.41, 5.74) is 0. The highest BCUT2D eigenvalue weighted by atomic mass is 16.5. The topological polar surface area (TPSA) is 9.23 Å². The van der Waals surface area contributed by atoms with Gasteiger partial charge in [0.25, 0.3) is 0 Å². The summed E-state index contributed by atoms with van der Waals surface area (Å²) >= 11 is 0. The molecule has 9 heavy (non-hydrogen) atoms. The minimum absolute atomic E-state index is 0.723. The maximum atomic E-state index is 5.14. The van der Waals surface area contributed by atoms with Crippen molar-refractivity contribution >= 4 is 0 Å². The fraction of sp³-hybridized carbons (Fsp3) is 0.500. The SMILES string of the molecule is C/C=C/COC/C=C/C. The molecule has 0 aliphatic carbocycles. The van der Waals surface area contributed by atoms with Gasteiger partial charge in [0.2, 0.25) is 0 Å². The zero-order valence-corrected chi connectivity index (χ0v) is 6.13. The van der Waals surface area contributed by atoms with Crippen LogP contribution < -0.4 is 0 Å². The number of allylic oxidation sites excluding steroid dienone is 2. The van der Waals surface area contributed by atoms with Crippen molar-refractivity contribution in [1.82, 2.24) is 0 Å². The van der Waals surface area contributed by atoms with Gasteiger partial charge in [0.05, 0.1) is 13.2 Å². The van der Waals surface area contributed by atoms with E-state index in [1.165, 1.54) is 0 Å². The van der Waals surface area contributed by atoms with Gasteiger partial charge in [-0.1, -0.05) is 24.3 Å². The van der Waals surface area contributed by atoms with Gasteiger partial charge in [0.1, 0.15) is 0 Å². The smallest absolute Gasteiger partial charge is 0.0651 e. The summed E-state index contributed by atoms with van der Waals surface area (Å²) in [6, 6.07) is 0. The van der Waals surface area contributed by atoms with Crippen LogP contribution >= 0.6 is 0 Å². The first-order valence-electron chi connectivity index (χ1n) is 3.22. The Morgan fingerprint density at radius 1 is 1.00 bits per heavy atom. The van der Waals surface area contributed by atoms with Crippen LogP contribution in [-0.2, 0) is 4.74 Å². The maximum Gasteiger partial charge on any atom is 0.0651 e. The van der Waals surface area contributed by atoms with E-state index in [4.69, 9.17) is 4.74 Å². The van der Waals surface area contributed by atoms with E-state index in [0.717, 1.165) is 13.2 Å². The van der Waals surface area contributed by atoms with E-state index < -0.39 is 0 Å². The Kier molecular flexibility index (Phi) is 6.98. The van der Waals surface area contributed by atoms with Gasteiger partial charge in [-0.15, -0.1) is 0 Å². The summed E-state index contributed by atoms with van der Waals surface area (Å²) in [5, 5.41) is 0. The Balaban J connectivity index is 2.91. The summed E-state index contributed by atoms with van der Waals surface area (Å²) in [6.07, 6.45) is 7.94. The fourth-order valence-electron chi connectivity index (χ4n) is 0.397. The van der Waals surface area contributed by atoms with E-state index in [-0.39, 0.29) is 0 Å². The average Bonchev–Trinajstić information content (AvgIpc) is 1.89. The standard InChI is InChI=1S/C8H14O/c1-3-5-7-9-8-6-4-2/h3-6H,7-8H2,1-2H3/b5-3+,6-4+. The van der Waals surface area contributed by atoms with Crippen LogP contribution in [0.5, 0.6) is 0 Å². The average molecular weight is 126 g/mol. The number of ether oxygens (including phenoxy) is 1. The molecule has 0 N–H and O–H groups in total. The summed E-state index contributed by atoms with van der Waals surface area (Å²) in [5.74, 6) is 0. The molecule has 0 aromatic rings. The Labute approximate surface area is 57.0 Å². The lowest BCUT2D eigenvalue weighted by Gasteiger charge is -1.91. The van der Waals surface area contributed by atoms with Crippen molar-refractivity contribution in [2.75, 3.05) is 13.2 Å². The van der Waals surface area contributed by atoms with Gasteiger partial charge < -0.3 is 4.74 Å². The Morgan fingerprint density at radius 2 is 1.44 bits per heavy atom. The lowest BCUT2D eigenvalue weighted by molar-refractivity contribution is 0.194. The summed E-state index contributed by atoms with van der Waals surface area (Å²) in [6.45, 7) is 5.42. The molecule has 0 amide bonds. The van der Waals surface area contributed by atoms with Gasteiger partial charge in [-0.3, -0.25) is 0 Å². The minimum Gasteiger partial charge on any atom is -0.373 e. The van der Waals surface area contributed by atoms with E-state index in [2.05, 4.69) is 0 Å². The van der Waals surface area contributed by atoms with Gasteiger partial charge >= 0.3 is 0 Å². The summed E-state index contributed by atoms with van der Waals surface area (Å²) < 4.78 is 5.14. The van der Waals surface area contributed by atoms with Crippen molar-refractivity contribution in [2.45, 2.75) is 13.8 Å². The molecule has 0 aromatic heterocycles. The van der Waals surface area contributed by atoms with Crippen LogP contribution in [0.1, 0.15) is 13.8 Å². The van der Waals surface area contributed by atoms with Gasteiger partial charge in [-0.2, -0.15) is 0 Å². The van der Waals surface area contributed by atoms with Crippen LogP contribution in [0, 0.1) is 0 Å². The first-order chi connectivity index (χ1) is 4.41. The molecule has 0 saturated heterocycles. The van der Waals surface area contributed by atoms with Crippen LogP contribution in [0.4, 0.5) is 0 Å². The normalized spacial score (nSPS) is 11.8. The summed E-state index contributed by atoms with van der Waals surface area (Å²) in [7, 11) is 0. The van der Waals surface area contributed by atoms with Gasteiger partial charge in [0.15, 0.2) is 0 Å². The molecule has 0 radical (unpaired) electrons. The quantitative estimate of drug-likeness (QED) is 0.414. The van der Waals surface area contributed by atoms with Gasteiger partial charge in [-0.05, 0) is 13.8 Å². The van der Waals surface area contributed by atoms with Gasteiger partial charge in [0, 0.05) is 0 Å². The monoisotopic (exact) mass is 126 g/mol. The Hall–Kier alpha value is -0.560. The first-order valence-corrected chi connectivity index (χ1v) is 3.22. The highest BCUT2D eigenvalue weighted by Gasteiger charge is 1.74. The summed E-state index contributed by atoms with van der Waals surface area (Å²) in [4.78, 5) is 0. The second-order valence-corrected chi connectivity index (χ2v) is 1.68. The molecule has 52 valence electrons. The molecule has 0 spiro atoms. The molecular weight excluding hydrogens is 112 g/mol. The molecule has 0 saturated carbocycles. The molecule has 0 heterocycles. The van der Waals surface area contributed by atoms with Crippen molar-refractivity contribution in [3.05, 3.63) is 24.3 Å². The zero-order valence-electron chi connectivity index (χ0n) is 6.13. The van der Waals surface area contributed by atoms with E-state index in [1.54, 1.807) is 0 Å². The largest absolute Gasteiger partial charge is 0.373 e. The molecule has 0 rings (SSSR count). The van der Waals surface area contributed by atoms with Gasteiger partial charge in [-0.25, -0.2) is 0 Å². The molecule has 0 aromatic carbocycles. The third-order valence-corrected chi connectivity index (χ3v) is 0.900. The molecule has 0 bridgehead atoms. The Bertz CT molecular complexity index is 80.7. The maximum absolute atomic E-state index is 5.14. The number of hydrogen-bond donors (Lipinski definition) is 0. The number of hydrogen-bond acceptors (Lipinski definition) is 1. The molecule has 1 nitrogen and oxygen atoms in total. The van der Waals surface area contributed by atoms with Crippen LogP contribution in [-0.4, -0.2) is 13.2 Å². The highest BCUT2D eigenvalue weighted by Crippen LogP contribution is 1.78. The first kappa shape index (κ1) is 8.44. The molecule has 0 atom stereocenters. The van der Waals surface area contributed by atoms with Crippen LogP contribution in [0.25, 0.3) is 0 Å². The van der Waals surface area contributed by atoms with Crippen LogP contribution in [0.2, 0.25) is 0 Å². The molecule has 0 unspecified atom stereocenters. The fourth-order valence-corrected chi connectivity index (χ4v) is 0.397. The predicted molar refractivity (Wildman–Crippen MR) is 40.4 cm³/mol. The number of rotatable bonds is 4. The molecular formula is C8H14O. The Morgan fingerprint density at radius 3 is 1.78 bits per heavy atom. The van der Waals surface area contributed by atoms with E-state index >= 15 is 0 Å². The predicted octanol–water partition coefficient (Wildman–Crippen LogP) is 2.16. The molecule has 0 aliphatic rings. The highest BCUT2D eigenvalue weighted by molar-refractivity contribution is 4.79. The third-order valence-electron chi connectivity index (χ3n) is 0.900. The van der Waals surface area contributed by atoms with Crippen LogP contribution in [0.3, 0.4) is 0 Å². The third kappa shape index (κ3) is 7.44. The zero-order chi connectivity index (χ0) is 6.95. The van der Waals surface area contributed by atoms with Crippen molar-refractivity contribution in [1.29, 1.82) is 0 Å². The van der Waals surface area contributed by atoms with Crippen molar-refractivity contribution in [3.63, 3.8) is 0 Å². The van der Waals surface area contributed by atoms with E-state index in [9.17, 15) is 0 Å². The molecule has 0 fully saturated rings. The van der Waals surface area contributed by atoms with E-state index in [1.807, 2.05) is 38.2 Å². The second-order valence-electron chi connectivity index (χ2n) is 1.68. The van der Waals surface area contributed by atoms with Crippen molar-refractivity contribution in [3.8, 4) is 0 Å². The van der Waals surface area contributed by atoms with Crippen molar-refractivity contribution in [2.24, 2.45) is 0 Å². The molecule has 1 heteroatoms. The van der Waals surface area contributed by atoms with Crippen molar-refractivity contribution < 1.29 is 4.74 Å².